The van der Waals surface area contributed by atoms with Gasteiger partial charge in [0, 0.05) is 32.7 Å². The van der Waals surface area contributed by atoms with Crippen LogP contribution in [0.3, 0.4) is 0 Å². The van der Waals surface area contributed by atoms with E-state index >= 15 is 0 Å². The van der Waals surface area contributed by atoms with Crippen LogP contribution in [-0.4, -0.2) is 49.8 Å². The molecule has 0 aromatic heterocycles. The van der Waals surface area contributed by atoms with Gasteiger partial charge in [-0.3, -0.25) is 0 Å². The lowest BCUT2D eigenvalue weighted by Gasteiger charge is -2.38. The third kappa shape index (κ3) is 3.85. The highest BCUT2D eigenvalue weighted by Crippen LogP contribution is 2.36. The lowest BCUT2D eigenvalue weighted by Crippen LogP contribution is -2.53. The first-order chi connectivity index (χ1) is 8.86. The van der Waals surface area contributed by atoms with Gasteiger partial charge in [-0.1, -0.05) is 13.8 Å². The number of halogens is 1. The highest BCUT2D eigenvalue weighted by Gasteiger charge is 2.41. The predicted octanol–water partition coefficient (Wildman–Crippen LogP) is 1.30. The van der Waals surface area contributed by atoms with E-state index < -0.39 is 10.2 Å². The van der Waals surface area contributed by atoms with Crippen LogP contribution in [0.5, 0.6) is 0 Å². The Bertz CT molecular complexity index is 396. The summed E-state index contributed by atoms with van der Waals surface area (Å²) in [6, 6.07) is -0.0301. The van der Waals surface area contributed by atoms with E-state index in [1.54, 1.807) is 11.4 Å². The van der Waals surface area contributed by atoms with Gasteiger partial charge in [-0.15, -0.1) is 12.4 Å². The maximum absolute atomic E-state index is 12.7. The van der Waals surface area contributed by atoms with Gasteiger partial charge in [0.2, 0.25) is 0 Å². The fourth-order valence-electron chi connectivity index (χ4n) is 3.27. The molecule has 0 bridgehead atoms. The van der Waals surface area contributed by atoms with Gasteiger partial charge in [0.25, 0.3) is 10.2 Å². The van der Waals surface area contributed by atoms with Crippen molar-refractivity contribution in [3.8, 4) is 0 Å². The zero-order chi connectivity index (χ0) is 14.2. The molecule has 2 N–H and O–H groups in total. The van der Waals surface area contributed by atoms with Crippen molar-refractivity contribution in [3.63, 3.8) is 0 Å². The summed E-state index contributed by atoms with van der Waals surface area (Å²) in [7, 11) is -1.67. The van der Waals surface area contributed by atoms with Gasteiger partial charge in [-0.05, 0) is 37.0 Å². The van der Waals surface area contributed by atoms with Gasteiger partial charge >= 0.3 is 0 Å². The second-order valence-electron chi connectivity index (χ2n) is 6.43. The minimum Gasteiger partial charge on any atom is -0.329 e. The molecule has 0 spiro atoms. The fraction of sp³-hybridized carbons (Fsp3) is 1.00. The van der Waals surface area contributed by atoms with E-state index in [1.165, 1.54) is 4.31 Å². The standard InChI is InChI=1S/C13H27N3O2S.ClH/c1-10-6-11(2)9-16(8-10)19(17,18)15(3)13(7-14)12-4-5-12;/h10-13H,4-9,14H2,1-3H3;1H. The first-order valence-corrected chi connectivity index (χ1v) is 8.69. The summed E-state index contributed by atoms with van der Waals surface area (Å²) in [4.78, 5) is 0. The van der Waals surface area contributed by atoms with Crippen molar-refractivity contribution in [1.82, 2.24) is 8.61 Å². The van der Waals surface area contributed by atoms with Crippen LogP contribution in [0.2, 0.25) is 0 Å². The van der Waals surface area contributed by atoms with Crippen LogP contribution in [0.1, 0.15) is 33.1 Å². The Balaban J connectivity index is 0.00000200. The first kappa shape index (κ1) is 18.2. The van der Waals surface area contributed by atoms with E-state index in [0.717, 1.165) is 19.3 Å². The second kappa shape index (κ2) is 6.92. The average molecular weight is 326 g/mol. The quantitative estimate of drug-likeness (QED) is 0.828. The van der Waals surface area contributed by atoms with Crippen molar-refractivity contribution in [2.45, 2.75) is 39.2 Å². The maximum Gasteiger partial charge on any atom is 0.282 e. The summed E-state index contributed by atoms with van der Waals surface area (Å²) in [5.41, 5.74) is 5.77. The Morgan fingerprint density at radius 3 is 2.15 bits per heavy atom. The van der Waals surface area contributed by atoms with Gasteiger partial charge < -0.3 is 5.73 Å². The molecule has 20 heavy (non-hydrogen) atoms. The van der Waals surface area contributed by atoms with Crippen LogP contribution in [0.15, 0.2) is 0 Å². The predicted molar refractivity (Wildman–Crippen MR) is 84.0 cm³/mol. The maximum atomic E-state index is 12.7. The number of hydrogen-bond donors (Lipinski definition) is 1. The molecule has 2 aliphatic rings. The highest BCUT2D eigenvalue weighted by atomic mass is 35.5. The van der Waals surface area contributed by atoms with Gasteiger partial charge in [0.15, 0.2) is 0 Å². The Morgan fingerprint density at radius 2 is 1.75 bits per heavy atom. The largest absolute Gasteiger partial charge is 0.329 e. The number of likely N-dealkylation sites (N-methyl/N-ethyl adjacent to an activating group) is 1. The van der Waals surface area contributed by atoms with Crippen molar-refractivity contribution in [2.75, 3.05) is 26.7 Å². The Kier molecular flexibility index (Phi) is 6.29. The van der Waals surface area contributed by atoms with Gasteiger partial charge in [0.1, 0.15) is 0 Å². The SMILES string of the molecule is CC1CC(C)CN(S(=O)(=O)N(C)C(CN)C2CC2)C1.Cl. The number of hydrogen-bond acceptors (Lipinski definition) is 3. The topological polar surface area (TPSA) is 66.6 Å². The third-order valence-corrected chi connectivity index (χ3v) is 6.35. The summed E-state index contributed by atoms with van der Waals surface area (Å²) in [6.45, 7) is 5.94. The summed E-state index contributed by atoms with van der Waals surface area (Å²) < 4.78 is 28.6. The molecule has 1 aliphatic heterocycles. The van der Waals surface area contributed by atoms with E-state index in [9.17, 15) is 8.42 Å². The van der Waals surface area contributed by atoms with Crippen LogP contribution in [-0.2, 0) is 10.2 Å². The molecular formula is C13H28ClN3O2S. The van der Waals surface area contributed by atoms with Gasteiger partial charge in [-0.2, -0.15) is 17.0 Å². The van der Waals surface area contributed by atoms with Crippen molar-refractivity contribution in [1.29, 1.82) is 0 Å². The smallest absolute Gasteiger partial charge is 0.282 e. The van der Waals surface area contributed by atoms with Gasteiger partial charge in [-0.25, -0.2) is 0 Å². The molecule has 2 fully saturated rings. The molecule has 3 unspecified atom stereocenters. The van der Waals surface area contributed by atoms with Crippen LogP contribution in [0.25, 0.3) is 0 Å². The number of nitrogens with two attached hydrogens (primary N) is 1. The molecule has 0 aromatic carbocycles. The lowest BCUT2D eigenvalue weighted by atomic mass is 9.94. The van der Waals surface area contributed by atoms with E-state index in [2.05, 4.69) is 13.8 Å². The summed E-state index contributed by atoms with van der Waals surface area (Å²) in [5, 5.41) is 0. The zero-order valence-corrected chi connectivity index (χ0v) is 14.3. The highest BCUT2D eigenvalue weighted by molar-refractivity contribution is 7.86. The van der Waals surface area contributed by atoms with Crippen molar-refractivity contribution >= 4 is 22.6 Å². The Morgan fingerprint density at radius 1 is 1.25 bits per heavy atom. The van der Waals surface area contributed by atoms with Crippen LogP contribution < -0.4 is 5.73 Å². The normalized spacial score (nSPS) is 30.1. The van der Waals surface area contributed by atoms with E-state index in [4.69, 9.17) is 5.73 Å². The summed E-state index contributed by atoms with van der Waals surface area (Å²) in [6.07, 6.45) is 3.32. The molecule has 0 amide bonds. The van der Waals surface area contributed by atoms with Gasteiger partial charge in [0.05, 0.1) is 0 Å². The number of nitrogens with zero attached hydrogens (tertiary/aromatic N) is 2. The van der Waals surface area contributed by atoms with E-state index in [0.29, 0.717) is 37.4 Å². The molecule has 1 heterocycles. The third-order valence-electron chi connectivity index (χ3n) is 4.40. The lowest BCUT2D eigenvalue weighted by molar-refractivity contribution is 0.203. The summed E-state index contributed by atoms with van der Waals surface area (Å²) in [5.74, 6) is 1.33. The van der Waals surface area contributed by atoms with Crippen LogP contribution in [0, 0.1) is 17.8 Å². The Hall–Kier alpha value is 0.120. The molecule has 2 rings (SSSR count). The monoisotopic (exact) mass is 325 g/mol. The molecule has 3 atom stereocenters. The van der Waals surface area contributed by atoms with Crippen molar-refractivity contribution < 1.29 is 8.42 Å². The second-order valence-corrected chi connectivity index (χ2v) is 8.42. The number of rotatable bonds is 5. The minimum atomic E-state index is -3.36. The molecule has 0 radical (unpaired) electrons. The van der Waals surface area contributed by atoms with Crippen LogP contribution >= 0.6 is 12.4 Å². The molecule has 5 nitrogen and oxygen atoms in total. The fourth-order valence-corrected chi connectivity index (χ4v) is 5.12. The molecular weight excluding hydrogens is 298 g/mol. The molecule has 1 aliphatic carbocycles. The van der Waals surface area contributed by atoms with E-state index in [1.807, 2.05) is 0 Å². The first-order valence-electron chi connectivity index (χ1n) is 7.29. The van der Waals surface area contributed by atoms with Crippen LogP contribution in [0.4, 0.5) is 0 Å². The summed E-state index contributed by atoms with van der Waals surface area (Å²) >= 11 is 0. The minimum absolute atomic E-state index is 0. The van der Waals surface area contributed by atoms with E-state index in [-0.39, 0.29) is 18.4 Å². The molecule has 0 aromatic rings. The molecule has 120 valence electrons. The molecule has 1 saturated heterocycles. The van der Waals surface area contributed by atoms with Crippen molar-refractivity contribution in [3.05, 3.63) is 0 Å². The molecule has 7 heteroatoms. The molecule has 1 saturated carbocycles. The zero-order valence-electron chi connectivity index (χ0n) is 12.7. The average Bonchev–Trinajstić information content (AvgIpc) is 3.13. The number of piperidine rings is 1. The van der Waals surface area contributed by atoms with Crippen molar-refractivity contribution in [2.24, 2.45) is 23.5 Å². The Labute approximate surface area is 129 Å².